The fourth-order valence-electron chi connectivity index (χ4n) is 2.64. The molecule has 0 saturated heterocycles. The van der Waals surface area contributed by atoms with Crippen molar-refractivity contribution in [3.8, 4) is 0 Å². The van der Waals surface area contributed by atoms with E-state index in [4.69, 9.17) is 10.2 Å². The van der Waals surface area contributed by atoms with Gasteiger partial charge in [0.25, 0.3) is 0 Å². The molecular weight excluding hydrogens is 238 g/mol. The molecule has 0 bridgehead atoms. The zero-order valence-corrected chi connectivity index (χ0v) is 10.7. The summed E-state index contributed by atoms with van der Waals surface area (Å²) in [5, 5.41) is 20.5. The molecule has 3 heteroatoms. The standard InChI is InChI=1S/C16H17NO2/c18-8-6-11-4-5-15-14(10-11)13-3-1-2-12(7-9-19)16(13)17-15/h1-5,10,17-19H,6-9H2. The Morgan fingerprint density at radius 3 is 2.53 bits per heavy atom. The first-order chi connectivity index (χ1) is 9.33. The summed E-state index contributed by atoms with van der Waals surface area (Å²) in [4.78, 5) is 3.43. The molecule has 98 valence electrons. The van der Waals surface area contributed by atoms with Gasteiger partial charge in [-0.25, -0.2) is 0 Å². The largest absolute Gasteiger partial charge is 0.396 e. The second-order valence-corrected chi connectivity index (χ2v) is 4.79. The van der Waals surface area contributed by atoms with E-state index in [0.717, 1.165) is 22.2 Å². The number of aromatic nitrogens is 1. The topological polar surface area (TPSA) is 56.2 Å². The van der Waals surface area contributed by atoms with Crippen molar-refractivity contribution in [3.63, 3.8) is 0 Å². The molecule has 0 atom stereocenters. The molecule has 0 aliphatic heterocycles. The molecule has 0 amide bonds. The number of aromatic amines is 1. The molecule has 0 aliphatic rings. The number of nitrogens with one attached hydrogen (secondary N) is 1. The van der Waals surface area contributed by atoms with Crippen LogP contribution in [0.25, 0.3) is 21.8 Å². The second kappa shape index (κ2) is 5.03. The Bertz CT molecular complexity index is 715. The van der Waals surface area contributed by atoms with Crippen LogP contribution in [-0.4, -0.2) is 28.4 Å². The Labute approximate surface area is 111 Å². The fraction of sp³-hybridized carbons (Fsp3) is 0.250. The first-order valence-corrected chi connectivity index (χ1v) is 6.57. The summed E-state index contributed by atoms with van der Waals surface area (Å²) < 4.78 is 0. The van der Waals surface area contributed by atoms with Crippen molar-refractivity contribution in [3.05, 3.63) is 47.5 Å². The first kappa shape index (κ1) is 12.2. The minimum absolute atomic E-state index is 0.157. The smallest absolute Gasteiger partial charge is 0.0498 e. The molecule has 1 aromatic heterocycles. The van der Waals surface area contributed by atoms with Crippen LogP contribution in [0.4, 0.5) is 0 Å². The van der Waals surface area contributed by atoms with Gasteiger partial charge >= 0.3 is 0 Å². The van der Waals surface area contributed by atoms with E-state index in [9.17, 15) is 0 Å². The maximum atomic E-state index is 9.13. The third-order valence-electron chi connectivity index (χ3n) is 3.57. The van der Waals surface area contributed by atoms with Crippen LogP contribution in [-0.2, 0) is 12.8 Å². The van der Waals surface area contributed by atoms with E-state index in [-0.39, 0.29) is 13.2 Å². The lowest BCUT2D eigenvalue weighted by atomic mass is 10.0. The quantitative estimate of drug-likeness (QED) is 0.670. The van der Waals surface area contributed by atoms with Gasteiger partial charge in [-0.2, -0.15) is 0 Å². The van der Waals surface area contributed by atoms with Gasteiger partial charge in [0, 0.05) is 35.0 Å². The number of rotatable bonds is 4. The molecule has 3 nitrogen and oxygen atoms in total. The highest BCUT2D eigenvalue weighted by atomic mass is 16.3. The third-order valence-corrected chi connectivity index (χ3v) is 3.57. The number of aliphatic hydroxyl groups excluding tert-OH is 2. The Hall–Kier alpha value is -1.84. The van der Waals surface area contributed by atoms with Crippen molar-refractivity contribution in [2.75, 3.05) is 13.2 Å². The van der Waals surface area contributed by atoms with Crippen LogP contribution in [0, 0.1) is 0 Å². The minimum Gasteiger partial charge on any atom is -0.396 e. The SMILES string of the molecule is OCCc1ccc2[nH]c3c(CCO)cccc3c2c1. The summed E-state index contributed by atoms with van der Waals surface area (Å²) in [7, 11) is 0. The summed E-state index contributed by atoms with van der Waals surface area (Å²) in [6.45, 7) is 0.327. The molecule has 0 spiro atoms. The van der Waals surface area contributed by atoms with Crippen LogP contribution in [0.15, 0.2) is 36.4 Å². The summed E-state index contributed by atoms with van der Waals surface area (Å²) in [5.41, 5.74) is 4.48. The number of fused-ring (bicyclic) bond motifs is 3. The highest BCUT2D eigenvalue weighted by Crippen LogP contribution is 2.28. The molecule has 0 saturated carbocycles. The molecule has 2 aromatic carbocycles. The van der Waals surface area contributed by atoms with Gasteiger partial charge in [-0.15, -0.1) is 0 Å². The van der Waals surface area contributed by atoms with Crippen molar-refractivity contribution in [1.82, 2.24) is 4.98 Å². The molecule has 3 N–H and O–H groups in total. The van der Waals surface area contributed by atoms with Gasteiger partial charge in [0.1, 0.15) is 0 Å². The van der Waals surface area contributed by atoms with Crippen molar-refractivity contribution in [2.24, 2.45) is 0 Å². The van der Waals surface area contributed by atoms with Crippen molar-refractivity contribution >= 4 is 21.8 Å². The predicted octanol–water partition coefficient (Wildman–Crippen LogP) is 2.39. The molecule has 0 radical (unpaired) electrons. The van der Waals surface area contributed by atoms with Gasteiger partial charge < -0.3 is 15.2 Å². The Morgan fingerprint density at radius 2 is 1.74 bits per heavy atom. The van der Waals surface area contributed by atoms with E-state index in [1.807, 2.05) is 18.2 Å². The molecule has 19 heavy (non-hydrogen) atoms. The van der Waals surface area contributed by atoms with E-state index < -0.39 is 0 Å². The Morgan fingerprint density at radius 1 is 0.895 bits per heavy atom. The average molecular weight is 255 g/mol. The molecule has 0 unspecified atom stereocenters. The zero-order valence-electron chi connectivity index (χ0n) is 10.7. The van der Waals surface area contributed by atoms with Gasteiger partial charge in [-0.1, -0.05) is 24.3 Å². The van der Waals surface area contributed by atoms with Gasteiger partial charge in [0.2, 0.25) is 0 Å². The van der Waals surface area contributed by atoms with E-state index in [0.29, 0.717) is 12.8 Å². The monoisotopic (exact) mass is 255 g/mol. The predicted molar refractivity (Wildman–Crippen MR) is 77.4 cm³/mol. The van der Waals surface area contributed by atoms with Gasteiger partial charge in [0.15, 0.2) is 0 Å². The maximum absolute atomic E-state index is 9.13. The normalized spacial score (nSPS) is 11.5. The Balaban J connectivity index is 2.24. The van der Waals surface area contributed by atoms with E-state index in [1.54, 1.807) is 0 Å². The van der Waals surface area contributed by atoms with Crippen molar-refractivity contribution in [2.45, 2.75) is 12.8 Å². The minimum atomic E-state index is 0.157. The number of para-hydroxylation sites is 1. The van der Waals surface area contributed by atoms with Crippen molar-refractivity contribution < 1.29 is 10.2 Å². The number of benzene rings is 2. The van der Waals surface area contributed by atoms with E-state index in [2.05, 4.69) is 23.2 Å². The van der Waals surface area contributed by atoms with Crippen molar-refractivity contribution in [1.29, 1.82) is 0 Å². The van der Waals surface area contributed by atoms with Crippen LogP contribution in [0.3, 0.4) is 0 Å². The van der Waals surface area contributed by atoms with Crippen LogP contribution in [0.2, 0.25) is 0 Å². The highest BCUT2D eigenvalue weighted by molar-refractivity contribution is 6.08. The van der Waals surface area contributed by atoms with Crippen LogP contribution in [0.5, 0.6) is 0 Å². The lowest BCUT2D eigenvalue weighted by Gasteiger charge is -2.00. The molecular formula is C16H17NO2. The van der Waals surface area contributed by atoms with Crippen LogP contribution < -0.4 is 0 Å². The summed E-state index contributed by atoms with van der Waals surface area (Å²) >= 11 is 0. The van der Waals surface area contributed by atoms with E-state index >= 15 is 0 Å². The fourth-order valence-corrected chi connectivity index (χ4v) is 2.64. The first-order valence-electron chi connectivity index (χ1n) is 6.57. The molecule has 0 fully saturated rings. The summed E-state index contributed by atoms with van der Waals surface area (Å²) in [6.07, 6.45) is 1.34. The second-order valence-electron chi connectivity index (χ2n) is 4.79. The van der Waals surface area contributed by atoms with E-state index in [1.165, 1.54) is 10.8 Å². The van der Waals surface area contributed by atoms with Gasteiger partial charge in [0.05, 0.1) is 0 Å². The molecule has 0 aliphatic carbocycles. The molecule has 3 aromatic rings. The number of hydrogen-bond acceptors (Lipinski definition) is 2. The van der Waals surface area contributed by atoms with Gasteiger partial charge in [-0.05, 0) is 36.1 Å². The molecule has 1 heterocycles. The highest BCUT2D eigenvalue weighted by Gasteiger charge is 2.08. The number of aliphatic hydroxyl groups is 2. The maximum Gasteiger partial charge on any atom is 0.0498 e. The van der Waals surface area contributed by atoms with Crippen LogP contribution in [0.1, 0.15) is 11.1 Å². The Kier molecular flexibility index (Phi) is 3.23. The summed E-state index contributed by atoms with van der Waals surface area (Å²) in [5.74, 6) is 0. The lowest BCUT2D eigenvalue weighted by Crippen LogP contribution is -1.91. The lowest BCUT2D eigenvalue weighted by molar-refractivity contribution is 0.299. The summed E-state index contributed by atoms with van der Waals surface area (Å²) in [6, 6.07) is 12.4. The zero-order chi connectivity index (χ0) is 13.2. The number of hydrogen-bond donors (Lipinski definition) is 3. The van der Waals surface area contributed by atoms with Crippen LogP contribution >= 0.6 is 0 Å². The average Bonchev–Trinajstić information content (AvgIpc) is 2.79. The number of H-pyrrole nitrogens is 1. The molecule has 3 rings (SSSR count). The van der Waals surface area contributed by atoms with Gasteiger partial charge in [-0.3, -0.25) is 0 Å². The third kappa shape index (κ3) is 2.11.